The van der Waals surface area contributed by atoms with Crippen molar-refractivity contribution in [2.24, 2.45) is 0 Å². The van der Waals surface area contributed by atoms with Gasteiger partial charge in [-0.2, -0.15) is 0 Å². The van der Waals surface area contributed by atoms with Crippen LogP contribution in [0.1, 0.15) is 21.5 Å². The molecule has 20 heavy (non-hydrogen) atoms. The summed E-state index contributed by atoms with van der Waals surface area (Å²) in [6.45, 7) is 3.74. The molecule has 0 atom stereocenters. The zero-order valence-electron chi connectivity index (χ0n) is 11.1. The number of hydrogen-bond donors (Lipinski definition) is 0. The average Bonchev–Trinajstić information content (AvgIpc) is 2.37. The Morgan fingerprint density at radius 3 is 2.30 bits per heavy atom. The number of para-hydroxylation sites is 2. The van der Waals surface area contributed by atoms with Gasteiger partial charge in [-0.1, -0.05) is 29.3 Å². The van der Waals surface area contributed by atoms with E-state index in [0.29, 0.717) is 5.56 Å². The lowest BCUT2D eigenvalue weighted by Crippen LogP contribution is -2.10. The number of ether oxygens (including phenoxy) is 1. The van der Waals surface area contributed by atoms with Crippen molar-refractivity contribution in [1.82, 2.24) is 0 Å². The van der Waals surface area contributed by atoms with E-state index in [1.165, 1.54) is 18.2 Å². The SMILES string of the molecule is Cc1cc(C)cc(C(=O)Oc2ccccc2[N+](=O)[O-])c1. The zero-order chi connectivity index (χ0) is 14.7. The molecule has 2 aromatic carbocycles. The number of hydrogen-bond acceptors (Lipinski definition) is 4. The number of rotatable bonds is 3. The molecular weight excluding hydrogens is 258 g/mol. The van der Waals surface area contributed by atoms with Gasteiger partial charge in [0.15, 0.2) is 0 Å². The molecule has 5 nitrogen and oxygen atoms in total. The molecule has 0 saturated heterocycles. The molecule has 0 heterocycles. The summed E-state index contributed by atoms with van der Waals surface area (Å²) in [5.74, 6) is -0.659. The fourth-order valence-corrected chi connectivity index (χ4v) is 1.95. The summed E-state index contributed by atoms with van der Waals surface area (Å²) in [7, 11) is 0. The highest BCUT2D eigenvalue weighted by Crippen LogP contribution is 2.26. The minimum atomic E-state index is -0.605. The van der Waals surface area contributed by atoms with Gasteiger partial charge in [0.05, 0.1) is 10.5 Å². The minimum absolute atomic E-state index is 0.0540. The summed E-state index contributed by atoms with van der Waals surface area (Å²) in [6.07, 6.45) is 0. The van der Waals surface area contributed by atoms with Gasteiger partial charge >= 0.3 is 11.7 Å². The Kier molecular flexibility index (Phi) is 3.79. The Labute approximate surface area is 116 Å². The van der Waals surface area contributed by atoms with Crippen LogP contribution in [0.3, 0.4) is 0 Å². The largest absolute Gasteiger partial charge is 0.416 e. The number of nitro benzene ring substituents is 1. The lowest BCUT2D eigenvalue weighted by Gasteiger charge is -2.06. The first-order chi connectivity index (χ1) is 9.47. The first-order valence-corrected chi connectivity index (χ1v) is 6.01. The highest BCUT2D eigenvalue weighted by Gasteiger charge is 2.18. The summed E-state index contributed by atoms with van der Waals surface area (Å²) in [5.41, 5.74) is 2.00. The van der Waals surface area contributed by atoms with Gasteiger partial charge in [-0.25, -0.2) is 4.79 Å². The molecule has 0 aliphatic heterocycles. The van der Waals surface area contributed by atoms with Gasteiger partial charge < -0.3 is 4.74 Å². The van der Waals surface area contributed by atoms with Crippen LogP contribution in [0.15, 0.2) is 42.5 Å². The third-order valence-electron chi connectivity index (χ3n) is 2.72. The lowest BCUT2D eigenvalue weighted by atomic mass is 10.1. The van der Waals surface area contributed by atoms with Gasteiger partial charge in [0.1, 0.15) is 0 Å². The van der Waals surface area contributed by atoms with Crippen LogP contribution in [0.25, 0.3) is 0 Å². The van der Waals surface area contributed by atoms with Crippen molar-refractivity contribution in [3.63, 3.8) is 0 Å². The second-order valence-electron chi connectivity index (χ2n) is 4.49. The van der Waals surface area contributed by atoms with Crippen molar-refractivity contribution in [2.75, 3.05) is 0 Å². The van der Waals surface area contributed by atoms with E-state index in [-0.39, 0.29) is 11.4 Å². The van der Waals surface area contributed by atoms with Crippen molar-refractivity contribution in [1.29, 1.82) is 0 Å². The predicted octanol–water partition coefficient (Wildman–Crippen LogP) is 3.43. The van der Waals surface area contributed by atoms with Crippen LogP contribution in [-0.4, -0.2) is 10.9 Å². The molecule has 0 saturated carbocycles. The molecule has 102 valence electrons. The van der Waals surface area contributed by atoms with Crippen LogP contribution >= 0.6 is 0 Å². The van der Waals surface area contributed by atoms with Crippen LogP contribution in [0.4, 0.5) is 5.69 Å². The maximum absolute atomic E-state index is 12.0. The Hall–Kier alpha value is -2.69. The van der Waals surface area contributed by atoms with E-state index in [9.17, 15) is 14.9 Å². The van der Waals surface area contributed by atoms with Gasteiger partial charge in [-0.05, 0) is 32.0 Å². The Balaban J connectivity index is 2.30. The monoisotopic (exact) mass is 271 g/mol. The molecule has 0 aliphatic carbocycles. The van der Waals surface area contributed by atoms with E-state index in [2.05, 4.69) is 0 Å². The molecule has 0 aliphatic rings. The van der Waals surface area contributed by atoms with E-state index in [0.717, 1.165) is 11.1 Å². The van der Waals surface area contributed by atoms with Crippen LogP contribution < -0.4 is 4.74 Å². The third kappa shape index (κ3) is 3.00. The molecule has 0 fully saturated rings. The van der Waals surface area contributed by atoms with Crippen molar-refractivity contribution in [2.45, 2.75) is 13.8 Å². The molecule has 0 bridgehead atoms. The van der Waals surface area contributed by atoms with Gasteiger partial charge in [0.25, 0.3) is 0 Å². The number of aryl methyl sites for hydroxylation is 2. The molecule has 0 amide bonds. The van der Waals surface area contributed by atoms with E-state index >= 15 is 0 Å². The normalized spacial score (nSPS) is 10.1. The molecule has 0 spiro atoms. The van der Waals surface area contributed by atoms with Crippen LogP contribution in [0.2, 0.25) is 0 Å². The van der Waals surface area contributed by atoms with Crippen LogP contribution in [0.5, 0.6) is 5.75 Å². The quantitative estimate of drug-likeness (QED) is 0.371. The zero-order valence-corrected chi connectivity index (χ0v) is 11.1. The van der Waals surface area contributed by atoms with Crippen molar-refractivity contribution in [3.8, 4) is 5.75 Å². The standard InChI is InChI=1S/C15H13NO4/c1-10-7-11(2)9-12(8-10)15(17)20-14-6-4-3-5-13(14)16(18)19/h3-9H,1-2H3. The number of nitro groups is 1. The van der Waals surface area contributed by atoms with E-state index in [1.54, 1.807) is 18.2 Å². The van der Waals surface area contributed by atoms with Crippen LogP contribution in [-0.2, 0) is 0 Å². The summed E-state index contributed by atoms with van der Waals surface area (Å²) in [5, 5.41) is 10.9. The number of carbonyl (C=O) groups excluding carboxylic acids is 1. The maximum atomic E-state index is 12.0. The second-order valence-corrected chi connectivity index (χ2v) is 4.49. The fourth-order valence-electron chi connectivity index (χ4n) is 1.95. The second kappa shape index (κ2) is 5.52. The topological polar surface area (TPSA) is 69.4 Å². The molecule has 0 radical (unpaired) electrons. The Morgan fingerprint density at radius 1 is 1.10 bits per heavy atom. The van der Waals surface area contributed by atoms with Gasteiger partial charge in [0.2, 0.25) is 5.75 Å². The summed E-state index contributed by atoms with van der Waals surface area (Å²) < 4.78 is 5.12. The fraction of sp³-hybridized carbons (Fsp3) is 0.133. The van der Waals surface area contributed by atoms with Crippen molar-refractivity contribution >= 4 is 11.7 Å². The minimum Gasteiger partial charge on any atom is -0.416 e. The summed E-state index contributed by atoms with van der Waals surface area (Å²) in [6, 6.07) is 11.1. The molecule has 0 unspecified atom stereocenters. The number of nitrogens with zero attached hydrogens (tertiary/aromatic N) is 1. The molecular formula is C15H13NO4. The predicted molar refractivity (Wildman–Crippen MR) is 74.0 cm³/mol. The van der Waals surface area contributed by atoms with Crippen LogP contribution in [0, 0.1) is 24.0 Å². The van der Waals surface area contributed by atoms with Gasteiger partial charge in [-0.3, -0.25) is 10.1 Å². The Bertz CT molecular complexity index is 659. The molecule has 5 heteroatoms. The van der Waals surface area contributed by atoms with E-state index in [4.69, 9.17) is 4.74 Å². The number of carbonyl (C=O) groups is 1. The molecule has 0 N–H and O–H groups in total. The first kappa shape index (κ1) is 13.7. The highest BCUT2D eigenvalue weighted by atomic mass is 16.6. The smallest absolute Gasteiger partial charge is 0.343 e. The van der Waals surface area contributed by atoms with E-state index in [1.807, 2.05) is 19.9 Å². The molecule has 2 aromatic rings. The van der Waals surface area contributed by atoms with Crippen molar-refractivity contribution in [3.05, 3.63) is 69.3 Å². The van der Waals surface area contributed by atoms with Crippen molar-refractivity contribution < 1.29 is 14.5 Å². The average molecular weight is 271 g/mol. The van der Waals surface area contributed by atoms with Gasteiger partial charge in [-0.15, -0.1) is 0 Å². The summed E-state index contributed by atoms with van der Waals surface area (Å²) >= 11 is 0. The van der Waals surface area contributed by atoms with E-state index < -0.39 is 10.9 Å². The number of benzene rings is 2. The maximum Gasteiger partial charge on any atom is 0.343 e. The lowest BCUT2D eigenvalue weighted by molar-refractivity contribution is -0.385. The third-order valence-corrected chi connectivity index (χ3v) is 2.72. The highest BCUT2D eigenvalue weighted by molar-refractivity contribution is 5.92. The first-order valence-electron chi connectivity index (χ1n) is 6.01. The molecule has 2 rings (SSSR count). The summed E-state index contributed by atoms with van der Waals surface area (Å²) in [4.78, 5) is 22.3. The Morgan fingerprint density at radius 2 is 1.70 bits per heavy atom. The number of esters is 1. The van der Waals surface area contributed by atoms with Gasteiger partial charge in [0, 0.05) is 6.07 Å². The molecule has 0 aromatic heterocycles.